The minimum atomic E-state index is -0.0148. The van der Waals surface area contributed by atoms with E-state index < -0.39 is 0 Å². The maximum atomic E-state index is 11.0. The molecule has 106 valence electrons. The molecule has 19 heavy (non-hydrogen) atoms. The van der Waals surface area contributed by atoms with Crippen molar-refractivity contribution in [3.63, 3.8) is 0 Å². The quantitative estimate of drug-likeness (QED) is 0.653. The molecule has 0 heterocycles. The Hall–Kier alpha value is -1.59. The number of hydrogen-bond donors (Lipinski definition) is 2. The largest absolute Gasteiger partial charge is 0.493 e. The zero-order valence-electron chi connectivity index (χ0n) is 11.6. The van der Waals surface area contributed by atoms with E-state index in [0.29, 0.717) is 19.6 Å². The molecule has 1 rings (SSSR count). The number of methoxy groups -OCH3 is 1. The molecule has 1 aromatic carbocycles. The van der Waals surface area contributed by atoms with Crippen LogP contribution >= 0.6 is 0 Å². The lowest BCUT2D eigenvalue weighted by atomic mass is 10.2. The molecule has 0 spiro atoms. The molecular weight excluding hydrogens is 244 g/mol. The molecule has 1 aromatic rings. The summed E-state index contributed by atoms with van der Waals surface area (Å²) in [5.74, 6) is 0.767. The summed E-state index contributed by atoms with van der Waals surface area (Å²) in [5.41, 5.74) is 1.19. The van der Waals surface area contributed by atoms with Crippen LogP contribution in [0.4, 0.5) is 0 Å². The molecule has 5 nitrogen and oxygen atoms in total. The van der Waals surface area contributed by atoms with Gasteiger partial charge in [-0.25, -0.2) is 0 Å². The van der Waals surface area contributed by atoms with Gasteiger partial charge in [0.1, 0.15) is 5.75 Å². The SMILES string of the molecule is CNC(=O)CCOc1ccc(CNCCOC)cc1. The van der Waals surface area contributed by atoms with Crippen molar-refractivity contribution in [3.05, 3.63) is 29.8 Å². The van der Waals surface area contributed by atoms with E-state index in [1.54, 1.807) is 14.2 Å². The Morgan fingerprint density at radius 1 is 1.21 bits per heavy atom. The number of amides is 1. The van der Waals surface area contributed by atoms with Gasteiger partial charge in [-0.15, -0.1) is 0 Å². The van der Waals surface area contributed by atoms with E-state index in [1.807, 2.05) is 24.3 Å². The van der Waals surface area contributed by atoms with Crippen LogP contribution in [-0.4, -0.2) is 39.8 Å². The second kappa shape index (κ2) is 9.35. The van der Waals surface area contributed by atoms with E-state index in [4.69, 9.17) is 9.47 Å². The Balaban J connectivity index is 2.25. The molecule has 0 atom stereocenters. The van der Waals surface area contributed by atoms with Gasteiger partial charge in [0.05, 0.1) is 19.6 Å². The lowest BCUT2D eigenvalue weighted by Crippen LogP contribution is -2.20. The number of ether oxygens (including phenoxy) is 2. The Morgan fingerprint density at radius 2 is 1.95 bits per heavy atom. The van der Waals surface area contributed by atoms with Gasteiger partial charge in [-0.1, -0.05) is 12.1 Å². The first-order valence-electron chi connectivity index (χ1n) is 6.38. The highest BCUT2D eigenvalue weighted by molar-refractivity contribution is 5.75. The van der Waals surface area contributed by atoms with Crippen molar-refractivity contribution in [2.24, 2.45) is 0 Å². The average molecular weight is 266 g/mol. The number of nitrogens with one attached hydrogen (secondary N) is 2. The minimum absolute atomic E-state index is 0.0148. The third-order valence-electron chi connectivity index (χ3n) is 2.61. The number of benzene rings is 1. The van der Waals surface area contributed by atoms with Crippen molar-refractivity contribution >= 4 is 5.91 Å². The molecule has 0 aliphatic carbocycles. The van der Waals surface area contributed by atoms with Gasteiger partial charge in [0.25, 0.3) is 0 Å². The highest BCUT2D eigenvalue weighted by Gasteiger charge is 1.99. The van der Waals surface area contributed by atoms with E-state index in [1.165, 1.54) is 5.56 Å². The topological polar surface area (TPSA) is 59.6 Å². The summed E-state index contributed by atoms with van der Waals surface area (Å²) in [5, 5.41) is 5.83. The van der Waals surface area contributed by atoms with Crippen molar-refractivity contribution in [3.8, 4) is 5.75 Å². The summed E-state index contributed by atoms with van der Waals surface area (Å²) in [6, 6.07) is 7.85. The molecule has 0 saturated carbocycles. The van der Waals surface area contributed by atoms with Crippen LogP contribution in [0.2, 0.25) is 0 Å². The number of carbonyl (C=O) groups is 1. The van der Waals surface area contributed by atoms with Gasteiger partial charge < -0.3 is 20.1 Å². The van der Waals surface area contributed by atoms with Gasteiger partial charge in [0, 0.05) is 27.2 Å². The summed E-state index contributed by atoms with van der Waals surface area (Å²) >= 11 is 0. The number of carbonyl (C=O) groups excluding carboxylic acids is 1. The van der Waals surface area contributed by atoms with Crippen LogP contribution < -0.4 is 15.4 Å². The van der Waals surface area contributed by atoms with Crippen LogP contribution in [-0.2, 0) is 16.1 Å². The van der Waals surface area contributed by atoms with E-state index in [0.717, 1.165) is 18.8 Å². The monoisotopic (exact) mass is 266 g/mol. The highest BCUT2D eigenvalue weighted by atomic mass is 16.5. The third-order valence-corrected chi connectivity index (χ3v) is 2.61. The summed E-state index contributed by atoms with van der Waals surface area (Å²) in [6.45, 7) is 2.74. The second-order valence-electron chi connectivity index (χ2n) is 4.09. The Morgan fingerprint density at radius 3 is 2.58 bits per heavy atom. The molecule has 5 heteroatoms. The summed E-state index contributed by atoms with van der Waals surface area (Å²) in [4.78, 5) is 11.0. The first-order valence-corrected chi connectivity index (χ1v) is 6.38. The summed E-state index contributed by atoms with van der Waals surface area (Å²) in [6.07, 6.45) is 0.372. The smallest absolute Gasteiger partial charge is 0.223 e. The van der Waals surface area contributed by atoms with Crippen LogP contribution in [0.1, 0.15) is 12.0 Å². The van der Waals surface area contributed by atoms with Crippen LogP contribution in [0, 0.1) is 0 Å². The molecule has 0 aromatic heterocycles. The maximum absolute atomic E-state index is 11.0. The standard InChI is InChI=1S/C14H22N2O3/c1-15-14(17)7-9-19-13-5-3-12(4-6-13)11-16-8-10-18-2/h3-6,16H,7-11H2,1-2H3,(H,15,17). The molecule has 0 fully saturated rings. The second-order valence-corrected chi connectivity index (χ2v) is 4.09. The van der Waals surface area contributed by atoms with Gasteiger partial charge in [-0.3, -0.25) is 4.79 Å². The third kappa shape index (κ3) is 6.79. The predicted molar refractivity (Wildman–Crippen MR) is 74.2 cm³/mol. The predicted octanol–water partition coefficient (Wildman–Crippen LogP) is 0.937. The zero-order valence-corrected chi connectivity index (χ0v) is 11.6. The Bertz CT molecular complexity index is 365. The Kier molecular flexibility index (Phi) is 7.62. The van der Waals surface area contributed by atoms with Crippen molar-refractivity contribution in [1.29, 1.82) is 0 Å². The normalized spacial score (nSPS) is 10.2. The molecule has 0 radical (unpaired) electrons. The first kappa shape index (κ1) is 15.5. The highest BCUT2D eigenvalue weighted by Crippen LogP contribution is 2.12. The molecule has 0 bridgehead atoms. The van der Waals surface area contributed by atoms with Crippen LogP contribution in [0.3, 0.4) is 0 Å². The minimum Gasteiger partial charge on any atom is -0.493 e. The number of rotatable bonds is 9. The lowest BCUT2D eigenvalue weighted by molar-refractivity contribution is -0.121. The molecule has 0 aliphatic rings. The van der Waals surface area contributed by atoms with Gasteiger partial charge in [-0.2, -0.15) is 0 Å². The molecule has 0 aliphatic heterocycles. The van der Waals surface area contributed by atoms with Crippen molar-refractivity contribution in [1.82, 2.24) is 10.6 Å². The summed E-state index contributed by atoms with van der Waals surface area (Å²) < 4.78 is 10.4. The van der Waals surface area contributed by atoms with Gasteiger partial charge in [0.15, 0.2) is 0 Å². The van der Waals surface area contributed by atoms with E-state index >= 15 is 0 Å². The zero-order chi connectivity index (χ0) is 13.9. The maximum Gasteiger partial charge on any atom is 0.223 e. The van der Waals surface area contributed by atoms with Crippen molar-refractivity contribution in [2.75, 3.05) is 33.9 Å². The molecular formula is C14H22N2O3. The van der Waals surface area contributed by atoms with E-state index in [-0.39, 0.29) is 5.91 Å². The summed E-state index contributed by atoms with van der Waals surface area (Å²) in [7, 11) is 3.31. The van der Waals surface area contributed by atoms with Crippen molar-refractivity contribution in [2.45, 2.75) is 13.0 Å². The van der Waals surface area contributed by atoms with E-state index in [2.05, 4.69) is 10.6 Å². The molecule has 0 unspecified atom stereocenters. The van der Waals surface area contributed by atoms with Crippen LogP contribution in [0.15, 0.2) is 24.3 Å². The first-order chi connectivity index (χ1) is 9.26. The lowest BCUT2D eigenvalue weighted by Gasteiger charge is -2.07. The molecule has 1 amide bonds. The van der Waals surface area contributed by atoms with Crippen molar-refractivity contribution < 1.29 is 14.3 Å². The van der Waals surface area contributed by atoms with Gasteiger partial charge >= 0.3 is 0 Å². The molecule has 2 N–H and O–H groups in total. The fourth-order valence-corrected chi connectivity index (χ4v) is 1.50. The Labute approximate surface area is 114 Å². The van der Waals surface area contributed by atoms with Gasteiger partial charge in [0.2, 0.25) is 5.91 Å². The van der Waals surface area contributed by atoms with E-state index in [9.17, 15) is 4.79 Å². The van der Waals surface area contributed by atoms with Gasteiger partial charge in [-0.05, 0) is 17.7 Å². The fraction of sp³-hybridized carbons (Fsp3) is 0.500. The van der Waals surface area contributed by atoms with Crippen LogP contribution in [0.5, 0.6) is 5.75 Å². The van der Waals surface area contributed by atoms with Crippen LogP contribution in [0.25, 0.3) is 0 Å². The average Bonchev–Trinajstić information content (AvgIpc) is 2.45. The fourth-order valence-electron chi connectivity index (χ4n) is 1.50. The molecule has 0 saturated heterocycles. The number of hydrogen-bond acceptors (Lipinski definition) is 4.